The van der Waals surface area contributed by atoms with E-state index in [1.54, 1.807) is 6.92 Å². The summed E-state index contributed by atoms with van der Waals surface area (Å²) < 4.78 is 5.44. The van der Waals surface area contributed by atoms with Crippen LogP contribution in [0.3, 0.4) is 0 Å². The van der Waals surface area contributed by atoms with Crippen molar-refractivity contribution in [2.45, 2.75) is 37.7 Å². The molecule has 16 heavy (non-hydrogen) atoms. The van der Waals surface area contributed by atoms with E-state index >= 15 is 0 Å². The summed E-state index contributed by atoms with van der Waals surface area (Å²) in [5, 5.41) is 17.4. The number of alkyl halides is 1. The van der Waals surface area contributed by atoms with E-state index in [2.05, 4.69) is 10.2 Å². The first-order valence-electron chi connectivity index (χ1n) is 5.43. The highest BCUT2D eigenvalue weighted by Crippen LogP contribution is 2.27. The normalized spacial score (nSPS) is 22.1. The minimum atomic E-state index is -0.570. The van der Waals surface area contributed by atoms with Gasteiger partial charge in [-0.05, 0) is 26.7 Å². The highest BCUT2D eigenvalue weighted by Gasteiger charge is 2.29. The molecule has 6 heteroatoms. The standard InChI is InChI=1S/C10H16ClN3O2/c1-7(11)8-12-13-9(16-8)14-5-3-10(2,15)4-6-14/h7,15H,3-6H2,1-2H3. The van der Waals surface area contributed by atoms with Crippen LogP contribution < -0.4 is 4.90 Å². The smallest absolute Gasteiger partial charge is 0.318 e. The Balaban J connectivity index is 2.03. The Hall–Kier alpha value is -0.810. The van der Waals surface area contributed by atoms with Gasteiger partial charge < -0.3 is 14.4 Å². The van der Waals surface area contributed by atoms with Crippen molar-refractivity contribution in [3.8, 4) is 0 Å². The topological polar surface area (TPSA) is 62.4 Å². The van der Waals surface area contributed by atoms with E-state index in [9.17, 15) is 5.11 Å². The summed E-state index contributed by atoms with van der Waals surface area (Å²) in [6, 6.07) is 0.498. The lowest BCUT2D eigenvalue weighted by Gasteiger charge is -2.34. The zero-order valence-electron chi connectivity index (χ0n) is 9.48. The zero-order chi connectivity index (χ0) is 11.8. The van der Waals surface area contributed by atoms with E-state index < -0.39 is 5.60 Å². The van der Waals surface area contributed by atoms with Gasteiger partial charge in [-0.2, -0.15) is 0 Å². The third kappa shape index (κ3) is 2.47. The highest BCUT2D eigenvalue weighted by molar-refractivity contribution is 6.20. The lowest BCUT2D eigenvalue weighted by molar-refractivity contribution is 0.0343. The maximum Gasteiger partial charge on any atom is 0.318 e. The number of hydrogen-bond acceptors (Lipinski definition) is 5. The molecule has 2 rings (SSSR count). The molecule has 0 saturated carbocycles. The molecule has 1 atom stereocenters. The molecule has 0 aliphatic carbocycles. The molecular weight excluding hydrogens is 230 g/mol. The van der Waals surface area contributed by atoms with E-state index in [4.69, 9.17) is 16.0 Å². The molecule has 1 unspecified atom stereocenters. The first kappa shape index (κ1) is 11.7. The van der Waals surface area contributed by atoms with Gasteiger partial charge in [-0.15, -0.1) is 16.7 Å². The molecule has 5 nitrogen and oxygen atoms in total. The fourth-order valence-corrected chi connectivity index (χ4v) is 1.78. The van der Waals surface area contributed by atoms with Crippen LogP contribution in [-0.4, -0.2) is 34.0 Å². The van der Waals surface area contributed by atoms with Crippen LogP contribution in [0.2, 0.25) is 0 Å². The van der Waals surface area contributed by atoms with E-state index in [0.717, 1.165) is 13.1 Å². The van der Waals surface area contributed by atoms with Crippen molar-refractivity contribution >= 4 is 17.6 Å². The monoisotopic (exact) mass is 245 g/mol. The molecule has 0 amide bonds. The van der Waals surface area contributed by atoms with Crippen molar-refractivity contribution in [1.29, 1.82) is 0 Å². The molecule has 2 heterocycles. The highest BCUT2D eigenvalue weighted by atomic mass is 35.5. The van der Waals surface area contributed by atoms with Gasteiger partial charge in [0.15, 0.2) is 0 Å². The van der Waals surface area contributed by atoms with Gasteiger partial charge in [0.25, 0.3) is 0 Å². The van der Waals surface area contributed by atoms with Crippen LogP contribution in [0.15, 0.2) is 4.42 Å². The number of rotatable bonds is 2. The number of nitrogens with zero attached hydrogens (tertiary/aromatic N) is 3. The van der Waals surface area contributed by atoms with Crippen molar-refractivity contribution in [1.82, 2.24) is 10.2 Å². The quantitative estimate of drug-likeness (QED) is 0.804. The summed E-state index contributed by atoms with van der Waals surface area (Å²) in [5.41, 5.74) is -0.570. The van der Waals surface area contributed by atoms with E-state index in [1.807, 2.05) is 11.8 Å². The largest absolute Gasteiger partial charge is 0.406 e. The van der Waals surface area contributed by atoms with Crippen molar-refractivity contribution in [3.63, 3.8) is 0 Å². The predicted octanol–water partition coefficient (Wildman–Crippen LogP) is 1.72. The van der Waals surface area contributed by atoms with Gasteiger partial charge in [0.05, 0.1) is 5.60 Å². The average Bonchev–Trinajstić information content (AvgIpc) is 2.66. The molecule has 1 fully saturated rings. The van der Waals surface area contributed by atoms with Crippen LogP contribution in [0, 0.1) is 0 Å². The fourth-order valence-electron chi connectivity index (χ4n) is 1.69. The van der Waals surface area contributed by atoms with Gasteiger partial charge in [-0.25, -0.2) is 0 Å². The third-order valence-electron chi connectivity index (χ3n) is 2.88. The van der Waals surface area contributed by atoms with Crippen LogP contribution in [-0.2, 0) is 0 Å². The van der Waals surface area contributed by atoms with Crippen molar-refractivity contribution < 1.29 is 9.52 Å². The summed E-state index contributed by atoms with van der Waals surface area (Å²) in [5.74, 6) is 0.439. The van der Waals surface area contributed by atoms with E-state index in [1.165, 1.54) is 0 Å². The molecule has 90 valence electrons. The lowest BCUT2D eigenvalue weighted by Crippen LogP contribution is -2.42. The number of aliphatic hydroxyl groups is 1. The van der Waals surface area contributed by atoms with E-state index in [0.29, 0.717) is 24.7 Å². The van der Waals surface area contributed by atoms with Crippen LogP contribution in [0.25, 0.3) is 0 Å². The van der Waals surface area contributed by atoms with Gasteiger partial charge in [-0.3, -0.25) is 0 Å². The minimum absolute atomic E-state index is 0.269. The molecule has 1 aromatic rings. The predicted molar refractivity (Wildman–Crippen MR) is 60.6 cm³/mol. The first-order valence-corrected chi connectivity index (χ1v) is 5.86. The fraction of sp³-hybridized carbons (Fsp3) is 0.800. The molecule has 1 aliphatic rings. The number of piperidine rings is 1. The van der Waals surface area contributed by atoms with Crippen LogP contribution in [0.4, 0.5) is 6.01 Å². The average molecular weight is 246 g/mol. The first-order chi connectivity index (χ1) is 7.48. The van der Waals surface area contributed by atoms with Crippen LogP contribution in [0.5, 0.6) is 0 Å². The van der Waals surface area contributed by atoms with Gasteiger partial charge in [0.2, 0.25) is 5.89 Å². The lowest BCUT2D eigenvalue weighted by atomic mass is 9.94. The molecule has 1 aromatic heterocycles. The Morgan fingerprint density at radius 2 is 2.06 bits per heavy atom. The van der Waals surface area contributed by atoms with Crippen molar-refractivity contribution in [3.05, 3.63) is 5.89 Å². The second-order valence-corrected chi connectivity index (χ2v) is 5.18. The summed E-state index contributed by atoms with van der Waals surface area (Å²) >= 11 is 5.85. The van der Waals surface area contributed by atoms with Gasteiger partial charge in [0, 0.05) is 13.1 Å². The number of aromatic nitrogens is 2. The number of halogens is 1. The maximum atomic E-state index is 9.82. The Bertz CT molecular complexity index is 355. The maximum absolute atomic E-state index is 9.82. The molecule has 0 aromatic carbocycles. The Morgan fingerprint density at radius 1 is 1.44 bits per heavy atom. The molecule has 1 N–H and O–H groups in total. The van der Waals surface area contributed by atoms with Crippen LogP contribution in [0.1, 0.15) is 38.0 Å². The second-order valence-electron chi connectivity index (χ2n) is 4.52. The third-order valence-corrected chi connectivity index (χ3v) is 3.07. The summed E-state index contributed by atoms with van der Waals surface area (Å²) in [6.45, 7) is 5.10. The number of anilines is 1. The SMILES string of the molecule is CC(Cl)c1nnc(N2CCC(C)(O)CC2)o1. The molecule has 1 aliphatic heterocycles. The minimum Gasteiger partial charge on any atom is -0.406 e. The van der Waals surface area contributed by atoms with Crippen LogP contribution >= 0.6 is 11.6 Å². The molecule has 1 saturated heterocycles. The zero-order valence-corrected chi connectivity index (χ0v) is 10.2. The molecule has 0 spiro atoms. The summed E-state index contributed by atoms with van der Waals surface area (Å²) in [6.07, 6.45) is 1.42. The second kappa shape index (κ2) is 4.22. The van der Waals surface area contributed by atoms with E-state index in [-0.39, 0.29) is 5.38 Å². The number of hydrogen-bond donors (Lipinski definition) is 1. The van der Waals surface area contributed by atoms with Gasteiger partial charge in [-0.1, -0.05) is 5.10 Å². The van der Waals surface area contributed by atoms with Crippen molar-refractivity contribution in [2.24, 2.45) is 0 Å². The summed E-state index contributed by atoms with van der Waals surface area (Å²) in [4.78, 5) is 1.98. The van der Waals surface area contributed by atoms with Crippen molar-refractivity contribution in [2.75, 3.05) is 18.0 Å². The Labute approximate surface area is 99.4 Å². The summed E-state index contributed by atoms with van der Waals surface area (Å²) in [7, 11) is 0. The Morgan fingerprint density at radius 3 is 2.56 bits per heavy atom. The molecule has 0 bridgehead atoms. The van der Waals surface area contributed by atoms with Gasteiger partial charge in [0.1, 0.15) is 5.38 Å². The Kier molecular flexibility index (Phi) is 3.08. The molecular formula is C10H16ClN3O2. The molecule has 0 radical (unpaired) electrons. The van der Waals surface area contributed by atoms with Gasteiger partial charge >= 0.3 is 6.01 Å².